The van der Waals surface area contributed by atoms with Crippen LogP contribution in [0.25, 0.3) is 0 Å². The van der Waals surface area contributed by atoms with Gasteiger partial charge in [0, 0.05) is 6.26 Å². The number of aliphatic hydroxyl groups excluding tert-OH is 1. The summed E-state index contributed by atoms with van der Waals surface area (Å²) in [7, 11) is -2.90. The van der Waals surface area contributed by atoms with Crippen LogP contribution in [-0.2, 0) is 16.3 Å². The Hall–Kier alpha value is -0.870. The Morgan fingerprint density at radius 1 is 1.27 bits per heavy atom. The molecule has 0 aromatic heterocycles. The SMILES string of the molecule is CC(O)c1ccc(CCS(C)(=O)=O)cc1. The number of hydrogen-bond acceptors (Lipinski definition) is 3. The van der Waals surface area contributed by atoms with E-state index in [2.05, 4.69) is 0 Å². The second-order valence-corrected chi connectivity index (χ2v) is 6.06. The van der Waals surface area contributed by atoms with Crippen LogP contribution >= 0.6 is 0 Å². The van der Waals surface area contributed by atoms with Crippen molar-refractivity contribution >= 4 is 9.84 Å². The molecular weight excluding hydrogens is 212 g/mol. The second-order valence-electron chi connectivity index (χ2n) is 3.80. The van der Waals surface area contributed by atoms with E-state index in [1.807, 2.05) is 24.3 Å². The minimum absolute atomic E-state index is 0.168. The highest BCUT2D eigenvalue weighted by Gasteiger charge is 2.04. The van der Waals surface area contributed by atoms with Gasteiger partial charge in [-0.1, -0.05) is 24.3 Å². The highest BCUT2D eigenvalue weighted by molar-refractivity contribution is 7.90. The fourth-order valence-corrected chi connectivity index (χ4v) is 1.87. The summed E-state index contributed by atoms with van der Waals surface area (Å²) in [6.45, 7) is 1.70. The molecule has 1 aromatic rings. The molecule has 1 N–H and O–H groups in total. The zero-order chi connectivity index (χ0) is 11.5. The number of sulfone groups is 1. The Morgan fingerprint density at radius 3 is 2.20 bits per heavy atom. The normalized spacial score (nSPS) is 13.8. The van der Waals surface area contributed by atoms with Gasteiger partial charge in [-0.3, -0.25) is 0 Å². The molecule has 1 atom stereocenters. The van der Waals surface area contributed by atoms with Gasteiger partial charge in [0.1, 0.15) is 9.84 Å². The third-order valence-electron chi connectivity index (χ3n) is 2.22. The van der Waals surface area contributed by atoms with E-state index in [4.69, 9.17) is 0 Å². The Labute approximate surface area is 90.7 Å². The number of benzene rings is 1. The van der Waals surface area contributed by atoms with Crippen molar-refractivity contribution in [2.45, 2.75) is 19.4 Å². The van der Waals surface area contributed by atoms with Gasteiger partial charge in [-0.05, 0) is 24.5 Å². The molecule has 1 aromatic carbocycles. The minimum Gasteiger partial charge on any atom is -0.389 e. The average Bonchev–Trinajstić information content (AvgIpc) is 2.14. The van der Waals surface area contributed by atoms with E-state index >= 15 is 0 Å². The topological polar surface area (TPSA) is 54.4 Å². The lowest BCUT2D eigenvalue weighted by Gasteiger charge is -2.05. The van der Waals surface area contributed by atoms with Gasteiger partial charge in [0.15, 0.2) is 0 Å². The third kappa shape index (κ3) is 4.44. The van der Waals surface area contributed by atoms with E-state index in [0.29, 0.717) is 6.42 Å². The van der Waals surface area contributed by atoms with Gasteiger partial charge < -0.3 is 5.11 Å². The minimum atomic E-state index is -2.90. The van der Waals surface area contributed by atoms with Gasteiger partial charge in [-0.15, -0.1) is 0 Å². The predicted molar refractivity (Wildman–Crippen MR) is 60.5 cm³/mol. The van der Waals surface area contributed by atoms with E-state index in [9.17, 15) is 13.5 Å². The molecule has 1 unspecified atom stereocenters. The standard InChI is InChI=1S/C11H16O3S/c1-9(12)11-5-3-10(4-6-11)7-8-15(2,13)14/h3-6,9,12H,7-8H2,1-2H3. The summed E-state index contributed by atoms with van der Waals surface area (Å²) in [6, 6.07) is 7.35. The van der Waals surface area contributed by atoms with E-state index in [-0.39, 0.29) is 5.75 Å². The summed E-state index contributed by atoms with van der Waals surface area (Å²) >= 11 is 0. The zero-order valence-electron chi connectivity index (χ0n) is 8.97. The molecule has 0 aliphatic heterocycles. The molecule has 0 amide bonds. The molecular formula is C11H16O3S. The highest BCUT2D eigenvalue weighted by Crippen LogP contribution is 2.13. The van der Waals surface area contributed by atoms with Gasteiger partial charge >= 0.3 is 0 Å². The number of aryl methyl sites for hydroxylation is 1. The van der Waals surface area contributed by atoms with Crippen LogP contribution in [0.5, 0.6) is 0 Å². The second kappa shape index (κ2) is 4.77. The number of hydrogen-bond donors (Lipinski definition) is 1. The average molecular weight is 228 g/mol. The van der Waals surface area contributed by atoms with E-state index in [1.54, 1.807) is 6.92 Å². The van der Waals surface area contributed by atoms with Crippen molar-refractivity contribution in [2.75, 3.05) is 12.0 Å². The Balaban J connectivity index is 2.65. The summed E-state index contributed by atoms with van der Waals surface area (Å²) in [6.07, 6.45) is 1.28. The first-order valence-corrected chi connectivity index (χ1v) is 6.89. The van der Waals surface area contributed by atoms with E-state index < -0.39 is 15.9 Å². The van der Waals surface area contributed by atoms with E-state index in [1.165, 1.54) is 6.26 Å². The largest absolute Gasteiger partial charge is 0.389 e. The summed E-state index contributed by atoms with van der Waals surface area (Å²) < 4.78 is 21.9. The monoisotopic (exact) mass is 228 g/mol. The zero-order valence-corrected chi connectivity index (χ0v) is 9.79. The molecule has 3 nitrogen and oxygen atoms in total. The van der Waals surface area contributed by atoms with Crippen LogP contribution in [-0.4, -0.2) is 25.5 Å². The maximum Gasteiger partial charge on any atom is 0.147 e. The molecule has 0 bridgehead atoms. The van der Waals surface area contributed by atoms with Gasteiger partial charge in [0.05, 0.1) is 11.9 Å². The van der Waals surface area contributed by atoms with Crippen molar-refractivity contribution in [3.63, 3.8) is 0 Å². The molecule has 84 valence electrons. The van der Waals surface area contributed by atoms with Gasteiger partial charge in [0.25, 0.3) is 0 Å². The van der Waals surface area contributed by atoms with Gasteiger partial charge in [-0.25, -0.2) is 8.42 Å². The van der Waals surface area contributed by atoms with Crippen molar-refractivity contribution in [1.82, 2.24) is 0 Å². The molecule has 4 heteroatoms. The van der Waals surface area contributed by atoms with Crippen LogP contribution in [0.2, 0.25) is 0 Å². The van der Waals surface area contributed by atoms with Crippen molar-refractivity contribution in [3.05, 3.63) is 35.4 Å². The first kappa shape index (κ1) is 12.2. The molecule has 0 heterocycles. The summed E-state index contributed by atoms with van der Waals surface area (Å²) in [5.74, 6) is 0.168. The molecule has 0 aliphatic rings. The Bertz CT molecular complexity index is 404. The lowest BCUT2D eigenvalue weighted by atomic mass is 10.1. The lowest BCUT2D eigenvalue weighted by Crippen LogP contribution is -2.05. The van der Waals surface area contributed by atoms with Crippen LogP contribution < -0.4 is 0 Å². The van der Waals surface area contributed by atoms with Crippen molar-refractivity contribution < 1.29 is 13.5 Å². The van der Waals surface area contributed by atoms with E-state index in [0.717, 1.165) is 11.1 Å². The predicted octanol–water partition coefficient (Wildman–Crippen LogP) is 1.33. The fraction of sp³-hybridized carbons (Fsp3) is 0.455. The molecule has 0 radical (unpaired) electrons. The summed E-state index contributed by atoms with van der Waals surface area (Å²) in [5, 5.41) is 9.28. The van der Waals surface area contributed by atoms with Crippen LogP contribution in [0.3, 0.4) is 0 Å². The first-order chi connectivity index (χ1) is 6.88. The molecule has 15 heavy (non-hydrogen) atoms. The molecule has 1 rings (SSSR count). The lowest BCUT2D eigenvalue weighted by molar-refractivity contribution is 0.199. The number of aliphatic hydroxyl groups is 1. The smallest absolute Gasteiger partial charge is 0.147 e. The van der Waals surface area contributed by atoms with Crippen LogP contribution in [0.1, 0.15) is 24.2 Å². The van der Waals surface area contributed by atoms with Crippen molar-refractivity contribution in [2.24, 2.45) is 0 Å². The Kier molecular flexibility index (Phi) is 3.88. The fourth-order valence-electron chi connectivity index (χ4n) is 1.27. The maximum atomic E-state index is 10.9. The highest BCUT2D eigenvalue weighted by atomic mass is 32.2. The molecule has 0 saturated carbocycles. The summed E-state index contributed by atoms with van der Waals surface area (Å²) in [4.78, 5) is 0. The van der Waals surface area contributed by atoms with Crippen LogP contribution in [0.4, 0.5) is 0 Å². The molecule has 0 saturated heterocycles. The quantitative estimate of drug-likeness (QED) is 0.845. The van der Waals surface area contributed by atoms with Crippen LogP contribution in [0, 0.1) is 0 Å². The molecule has 0 spiro atoms. The molecule has 0 fully saturated rings. The van der Waals surface area contributed by atoms with Crippen molar-refractivity contribution in [1.29, 1.82) is 0 Å². The summed E-state index contributed by atoms with van der Waals surface area (Å²) in [5.41, 5.74) is 1.82. The van der Waals surface area contributed by atoms with Gasteiger partial charge in [-0.2, -0.15) is 0 Å². The van der Waals surface area contributed by atoms with Crippen LogP contribution in [0.15, 0.2) is 24.3 Å². The third-order valence-corrected chi connectivity index (χ3v) is 3.17. The first-order valence-electron chi connectivity index (χ1n) is 4.83. The Morgan fingerprint density at radius 2 is 1.80 bits per heavy atom. The molecule has 0 aliphatic carbocycles. The van der Waals surface area contributed by atoms with Crippen molar-refractivity contribution in [3.8, 4) is 0 Å². The maximum absolute atomic E-state index is 10.9. The van der Waals surface area contributed by atoms with Gasteiger partial charge in [0.2, 0.25) is 0 Å². The number of rotatable bonds is 4.